The molecule has 3 amide bonds. The molecule has 0 saturated carbocycles. The second kappa shape index (κ2) is 11.5. The molecule has 0 spiro atoms. The summed E-state index contributed by atoms with van der Waals surface area (Å²) in [6.07, 6.45) is 1.19. The number of ketones is 1. The predicted octanol–water partition coefficient (Wildman–Crippen LogP) is 2.37. The third-order valence-electron chi connectivity index (χ3n) is 6.52. The van der Waals surface area contributed by atoms with Gasteiger partial charge in [0.25, 0.3) is 0 Å². The van der Waals surface area contributed by atoms with Gasteiger partial charge in [-0.15, -0.1) is 0 Å². The van der Waals surface area contributed by atoms with Crippen LogP contribution < -0.4 is 16.0 Å². The van der Waals surface area contributed by atoms with Gasteiger partial charge in [0.15, 0.2) is 5.78 Å². The van der Waals surface area contributed by atoms with Gasteiger partial charge in [0, 0.05) is 23.5 Å². The lowest BCUT2D eigenvalue weighted by atomic mass is 10.00. The number of H-pyrrole nitrogens is 1. The number of alkyl carbamates (subject to hydrolysis) is 1. The average Bonchev–Trinajstić information content (AvgIpc) is 3.54. The van der Waals surface area contributed by atoms with E-state index in [4.69, 9.17) is 9.47 Å². The van der Waals surface area contributed by atoms with E-state index in [0.717, 1.165) is 22.0 Å². The van der Waals surface area contributed by atoms with Gasteiger partial charge in [0.2, 0.25) is 11.8 Å². The van der Waals surface area contributed by atoms with E-state index in [2.05, 4.69) is 20.9 Å². The molecule has 0 bridgehead atoms. The molecule has 0 radical (unpaired) electrons. The van der Waals surface area contributed by atoms with Crippen molar-refractivity contribution in [3.63, 3.8) is 0 Å². The van der Waals surface area contributed by atoms with Gasteiger partial charge < -0.3 is 30.4 Å². The molecular weight excluding hydrogens is 488 g/mol. The van der Waals surface area contributed by atoms with Crippen molar-refractivity contribution in [1.29, 1.82) is 0 Å². The molecule has 1 fully saturated rings. The van der Waals surface area contributed by atoms with Crippen LogP contribution in [0.25, 0.3) is 10.9 Å². The summed E-state index contributed by atoms with van der Waals surface area (Å²) in [5.74, 6) is -1.33. The SMILES string of the molecule is C[C@H](NC(=O)OCc1ccccc1)C(=O)N[C@@H](Cc1c[nH]c2ccccc12)C(=O)N[C@@H](C)C(=O)[C@@]1(C)CO1. The van der Waals surface area contributed by atoms with Crippen LogP contribution in [0.3, 0.4) is 0 Å². The number of rotatable bonds is 11. The number of hydrogen-bond acceptors (Lipinski definition) is 6. The van der Waals surface area contributed by atoms with Crippen molar-refractivity contribution in [2.75, 3.05) is 6.61 Å². The van der Waals surface area contributed by atoms with Gasteiger partial charge >= 0.3 is 6.09 Å². The van der Waals surface area contributed by atoms with E-state index >= 15 is 0 Å². The highest BCUT2D eigenvalue weighted by Crippen LogP contribution is 2.28. The lowest BCUT2D eigenvalue weighted by Gasteiger charge is -2.23. The van der Waals surface area contributed by atoms with Gasteiger partial charge in [-0.3, -0.25) is 14.4 Å². The number of carbonyl (C=O) groups is 4. The molecule has 10 nitrogen and oxygen atoms in total. The van der Waals surface area contributed by atoms with Crippen molar-refractivity contribution in [2.45, 2.75) is 57.5 Å². The summed E-state index contributed by atoms with van der Waals surface area (Å²) in [4.78, 5) is 54.2. The third-order valence-corrected chi connectivity index (χ3v) is 6.52. The van der Waals surface area contributed by atoms with Crippen LogP contribution in [0.1, 0.15) is 31.9 Å². The number of Topliss-reactive ketones (excluding diaryl/α,β-unsaturated/α-hetero) is 1. The molecular formula is C28H32N4O6. The number of carbonyl (C=O) groups excluding carboxylic acids is 4. The van der Waals surface area contributed by atoms with Crippen LogP contribution in [0, 0.1) is 0 Å². The summed E-state index contributed by atoms with van der Waals surface area (Å²) in [7, 11) is 0. The molecule has 2 heterocycles. The van der Waals surface area contributed by atoms with Crippen molar-refractivity contribution in [3.05, 3.63) is 71.9 Å². The number of epoxide rings is 1. The van der Waals surface area contributed by atoms with Crippen molar-refractivity contribution >= 4 is 34.6 Å². The first-order valence-electron chi connectivity index (χ1n) is 12.5. The van der Waals surface area contributed by atoms with E-state index in [1.54, 1.807) is 20.0 Å². The number of aromatic nitrogens is 1. The zero-order valence-corrected chi connectivity index (χ0v) is 21.6. The molecule has 0 aliphatic carbocycles. The van der Waals surface area contributed by atoms with Gasteiger partial charge in [-0.05, 0) is 38.0 Å². The number of benzene rings is 2. The van der Waals surface area contributed by atoms with Crippen molar-refractivity contribution in [2.24, 2.45) is 0 Å². The summed E-state index contributed by atoms with van der Waals surface area (Å²) >= 11 is 0. The fraction of sp³-hybridized carbons (Fsp3) is 0.357. The van der Waals surface area contributed by atoms with Gasteiger partial charge in [-0.1, -0.05) is 48.5 Å². The van der Waals surface area contributed by atoms with Crippen LogP contribution in [0.15, 0.2) is 60.8 Å². The van der Waals surface area contributed by atoms with E-state index in [1.807, 2.05) is 54.6 Å². The highest BCUT2D eigenvalue weighted by Gasteiger charge is 2.49. The molecule has 4 rings (SSSR count). The standard InChI is InChI=1S/C28H32N4O6/c1-17(24(33)28(3)16-38-28)30-26(35)23(13-20-14-29-22-12-8-7-11-21(20)22)32-25(34)18(2)31-27(36)37-15-19-9-5-4-6-10-19/h4-12,14,17-18,23,29H,13,15-16H2,1-3H3,(H,30,35)(H,31,36)(H,32,34)/t17-,18-,23-,28+/m0/s1. The minimum absolute atomic E-state index is 0.0567. The molecule has 10 heteroatoms. The van der Waals surface area contributed by atoms with Crippen molar-refractivity contribution in [1.82, 2.24) is 20.9 Å². The Morgan fingerprint density at radius 2 is 1.63 bits per heavy atom. The molecule has 3 aromatic rings. The Balaban J connectivity index is 1.41. The highest BCUT2D eigenvalue weighted by molar-refractivity contribution is 5.98. The minimum atomic E-state index is -1.01. The van der Waals surface area contributed by atoms with Crippen LogP contribution in [0.4, 0.5) is 4.79 Å². The molecule has 4 N–H and O–H groups in total. The number of para-hydroxylation sites is 1. The number of aromatic amines is 1. The summed E-state index contributed by atoms with van der Waals surface area (Å²) in [5, 5.41) is 8.83. The van der Waals surface area contributed by atoms with E-state index in [9.17, 15) is 19.2 Å². The number of fused-ring (bicyclic) bond motifs is 1. The molecule has 2 aromatic carbocycles. The Morgan fingerprint density at radius 1 is 0.947 bits per heavy atom. The van der Waals surface area contributed by atoms with Crippen LogP contribution in [0.2, 0.25) is 0 Å². The average molecular weight is 521 g/mol. The molecule has 1 aliphatic heterocycles. The van der Waals surface area contributed by atoms with E-state index in [-0.39, 0.29) is 18.8 Å². The Bertz CT molecular complexity index is 1320. The molecule has 1 aliphatic rings. The summed E-state index contributed by atoms with van der Waals surface area (Å²) in [6, 6.07) is 14.0. The second-order valence-electron chi connectivity index (χ2n) is 9.67. The molecule has 200 valence electrons. The first-order valence-corrected chi connectivity index (χ1v) is 12.5. The number of hydrogen-bond donors (Lipinski definition) is 4. The Labute approximate surface area is 220 Å². The first-order chi connectivity index (χ1) is 18.2. The zero-order valence-electron chi connectivity index (χ0n) is 21.6. The predicted molar refractivity (Wildman–Crippen MR) is 140 cm³/mol. The lowest BCUT2D eigenvalue weighted by Crippen LogP contribution is -2.56. The Kier molecular flexibility index (Phi) is 8.11. The molecule has 0 unspecified atom stereocenters. The van der Waals surface area contributed by atoms with Crippen LogP contribution in [0.5, 0.6) is 0 Å². The normalized spacial score (nSPS) is 18.6. The van der Waals surface area contributed by atoms with Gasteiger partial charge in [-0.2, -0.15) is 0 Å². The topological polar surface area (TPSA) is 142 Å². The maximum Gasteiger partial charge on any atom is 0.408 e. The van der Waals surface area contributed by atoms with Gasteiger partial charge in [-0.25, -0.2) is 4.79 Å². The first kappa shape index (κ1) is 26.9. The van der Waals surface area contributed by atoms with Crippen LogP contribution >= 0.6 is 0 Å². The zero-order chi connectivity index (χ0) is 27.3. The van der Waals surface area contributed by atoms with E-state index < -0.39 is 41.6 Å². The summed E-state index contributed by atoms with van der Waals surface area (Å²) < 4.78 is 10.4. The quantitative estimate of drug-likeness (QED) is 0.286. The van der Waals surface area contributed by atoms with Crippen LogP contribution in [-0.4, -0.2) is 59.0 Å². The largest absolute Gasteiger partial charge is 0.445 e. The second-order valence-corrected chi connectivity index (χ2v) is 9.67. The number of nitrogens with one attached hydrogen (secondary N) is 4. The fourth-order valence-electron chi connectivity index (χ4n) is 4.12. The van der Waals surface area contributed by atoms with Crippen molar-refractivity contribution in [3.8, 4) is 0 Å². The fourth-order valence-corrected chi connectivity index (χ4v) is 4.12. The summed E-state index contributed by atoms with van der Waals surface area (Å²) in [5.41, 5.74) is 1.64. The number of amides is 3. The maximum atomic E-state index is 13.3. The number of ether oxygens (including phenoxy) is 2. The Morgan fingerprint density at radius 3 is 2.34 bits per heavy atom. The maximum absolute atomic E-state index is 13.3. The molecule has 1 aromatic heterocycles. The van der Waals surface area contributed by atoms with Crippen LogP contribution in [-0.2, 0) is 36.9 Å². The lowest BCUT2D eigenvalue weighted by molar-refractivity contribution is -0.132. The molecule has 1 saturated heterocycles. The van der Waals surface area contributed by atoms with Crippen molar-refractivity contribution < 1.29 is 28.7 Å². The van der Waals surface area contributed by atoms with E-state index in [1.165, 1.54) is 6.92 Å². The monoisotopic (exact) mass is 520 g/mol. The Hall–Kier alpha value is -4.18. The minimum Gasteiger partial charge on any atom is -0.445 e. The smallest absolute Gasteiger partial charge is 0.408 e. The van der Waals surface area contributed by atoms with E-state index in [0.29, 0.717) is 6.61 Å². The molecule has 4 atom stereocenters. The van der Waals surface area contributed by atoms with Gasteiger partial charge in [0.05, 0.1) is 12.6 Å². The third kappa shape index (κ3) is 6.57. The highest BCUT2D eigenvalue weighted by atomic mass is 16.6. The molecule has 38 heavy (non-hydrogen) atoms. The summed E-state index contributed by atoms with van der Waals surface area (Å²) in [6.45, 7) is 5.13. The van der Waals surface area contributed by atoms with Gasteiger partial charge in [0.1, 0.15) is 24.3 Å².